The molecule has 0 aliphatic rings. The van der Waals surface area contributed by atoms with Crippen molar-refractivity contribution in [2.24, 2.45) is 5.92 Å². The number of rotatable bonds is 3. The van der Waals surface area contributed by atoms with Gasteiger partial charge in [0.1, 0.15) is 0 Å². The van der Waals surface area contributed by atoms with Gasteiger partial charge in [-0.05, 0) is 30.2 Å². The smallest absolute Gasteiger partial charge is 0.0481 e. The van der Waals surface area contributed by atoms with E-state index in [1.807, 2.05) is 0 Å². The van der Waals surface area contributed by atoms with Crippen molar-refractivity contribution in [2.75, 3.05) is 0 Å². The molecule has 1 aromatic heterocycles. The predicted octanol–water partition coefficient (Wildman–Crippen LogP) is 4.45. The van der Waals surface area contributed by atoms with Crippen molar-refractivity contribution in [3.63, 3.8) is 0 Å². The molecule has 0 saturated carbocycles. The van der Waals surface area contributed by atoms with Crippen molar-refractivity contribution in [1.29, 1.82) is 0 Å². The molecule has 2 aromatic rings. The lowest BCUT2D eigenvalue weighted by Crippen LogP contribution is -2.04. The Balaban J connectivity index is 2.36. The number of fused-ring (bicyclic) bond motifs is 1. The molecule has 0 aliphatic carbocycles. The first-order valence-electron chi connectivity index (χ1n) is 5.45. The fourth-order valence-electron chi connectivity index (χ4n) is 1.80. The lowest BCUT2D eigenvalue weighted by atomic mass is 10.1. The summed E-state index contributed by atoms with van der Waals surface area (Å²) >= 11 is 3.50. The van der Waals surface area contributed by atoms with Crippen LogP contribution in [0.3, 0.4) is 0 Å². The van der Waals surface area contributed by atoms with E-state index < -0.39 is 0 Å². The third kappa shape index (κ3) is 2.25. The minimum absolute atomic E-state index is 0.740. The van der Waals surface area contributed by atoms with E-state index in [4.69, 9.17) is 0 Å². The van der Waals surface area contributed by atoms with Gasteiger partial charge >= 0.3 is 0 Å². The highest BCUT2D eigenvalue weighted by molar-refractivity contribution is 9.10. The molecule has 0 aliphatic heterocycles. The maximum Gasteiger partial charge on any atom is 0.0481 e. The van der Waals surface area contributed by atoms with Crippen LogP contribution in [0.5, 0.6) is 0 Å². The van der Waals surface area contributed by atoms with Gasteiger partial charge in [0.15, 0.2) is 0 Å². The average Bonchev–Trinajstić information content (AvgIpc) is 2.60. The molecule has 0 saturated heterocycles. The molecule has 0 spiro atoms. The quantitative estimate of drug-likeness (QED) is 0.773. The Hall–Kier alpha value is -0.760. The zero-order valence-corrected chi connectivity index (χ0v) is 10.8. The van der Waals surface area contributed by atoms with E-state index in [1.54, 1.807) is 0 Å². The fraction of sp³-hybridized carbons (Fsp3) is 0.385. The largest absolute Gasteiger partial charge is 0.347 e. The monoisotopic (exact) mass is 265 g/mol. The summed E-state index contributed by atoms with van der Waals surface area (Å²) in [5.41, 5.74) is 1.33. The highest BCUT2D eigenvalue weighted by Gasteiger charge is 2.04. The number of hydrogen-bond donors (Lipinski definition) is 0. The summed E-state index contributed by atoms with van der Waals surface area (Å²) in [4.78, 5) is 0. The molecule has 2 rings (SSSR count). The van der Waals surface area contributed by atoms with Gasteiger partial charge in [-0.2, -0.15) is 0 Å². The van der Waals surface area contributed by atoms with Crippen molar-refractivity contribution in [3.8, 4) is 0 Å². The maximum atomic E-state index is 3.50. The molecular formula is C13H16BrN. The zero-order valence-electron chi connectivity index (χ0n) is 9.20. The average molecular weight is 266 g/mol. The van der Waals surface area contributed by atoms with E-state index in [0.29, 0.717) is 0 Å². The van der Waals surface area contributed by atoms with Crippen LogP contribution >= 0.6 is 15.9 Å². The molecule has 1 atom stereocenters. The summed E-state index contributed by atoms with van der Waals surface area (Å²) in [5.74, 6) is 0.740. The first-order valence-corrected chi connectivity index (χ1v) is 6.24. The molecule has 1 heterocycles. The van der Waals surface area contributed by atoms with Gasteiger partial charge in [0.05, 0.1) is 0 Å². The maximum absolute atomic E-state index is 3.50. The third-order valence-corrected chi connectivity index (χ3v) is 3.43. The van der Waals surface area contributed by atoms with E-state index >= 15 is 0 Å². The summed E-state index contributed by atoms with van der Waals surface area (Å²) < 4.78 is 3.49. The van der Waals surface area contributed by atoms with Crippen LogP contribution in [0.4, 0.5) is 0 Å². The Kier molecular flexibility index (Phi) is 3.15. The van der Waals surface area contributed by atoms with Crippen molar-refractivity contribution < 1.29 is 0 Å². The SMILES string of the molecule is CCC(C)Cn1ccc2cc(Br)ccc21. The van der Waals surface area contributed by atoms with Crippen LogP contribution in [-0.2, 0) is 6.54 Å². The molecular weight excluding hydrogens is 250 g/mol. The Morgan fingerprint density at radius 2 is 2.13 bits per heavy atom. The van der Waals surface area contributed by atoms with Crippen LogP contribution in [0.15, 0.2) is 34.9 Å². The van der Waals surface area contributed by atoms with Gasteiger partial charge in [0.25, 0.3) is 0 Å². The first kappa shape index (κ1) is 10.7. The highest BCUT2D eigenvalue weighted by Crippen LogP contribution is 2.22. The van der Waals surface area contributed by atoms with Crippen LogP contribution in [-0.4, -0.2) is 4.57 Å². The van der Waals surface area contributed by atoms with Gasteiger partial charge in [-0.25, -0.2) is 0 Å². The Morgan fingerprint density at radius 3 is 2.87 bits per heavy atom. The summed E-state index contributed by atoms with van der Waals surface area (Å²) in [7, 11) is 0. The molecule has 0 radical (unpaired) electrons. The fourth-order valence-corrected chi connectivity index (χ4v) is 2.17. The molecule has 2 heteroatoms. The molecule has 15 heavy (non-hydrogen) atoms. The van der Waals surface area contributed by atoms with Gasteiger partial charge in [0.2, 0.25) is 0 Å². The number of benzene rings is 1. The number of nitrogens with zero attached hydrogens (tertiary/aromatic N) is 1. The number of halogens is 1. The lowest BCUT2D eigenvalue weighted by molar-refractivity contribution is 0.477. The van der Waals surface area contributed by atoms with E-state index in [2.05, 4.69) is 64.8 Å². The number of hydrogen-bond acceptors (Lipinski definition) is 0. The van der Waals surface area contributed by atoms with Crippen molar-refractivity contribution in [1.82, 2.24) is 4.57 Å². The van der Waals surface area contributed by atoms with E-state index in [-0.39, 0.29) is 0 Å². The summed E-state index contributed by atoms with van der Waals surface area (Å²) in [5, 5.41) is 1.31. The first-order chi connectivity index (χ1) is 7.20. The van der Waals surface area contributed by atoms with Crippen LogP contribution < -0.4 is 0 Å². The third-order valence-electron chi connectivity index (χ3n) is 2.94. The van der Waals surface area contributed by atoms with Crippen molar-refractivity contribution in [2.45, 2.75) is 26.8 Å². The van der Waals surface area contributed by atoms with Gasteiger partial charge in [0, 0.05) is 28.1 Å². The lowest BCUT2D eigenvalue weighted by Gasteiger charge is -2.10. The normalized spacial score (nSPS) is 13.3. The molecule has 1 aromatic carbocycles. The molecule has 1 unspecified atom stereocenters. The van der Waals surface area contributed by atoms with Gasteiger partial charge < -0.3 is 4.57 Å². The van der Waals surface area contributed by atoms with Gasteiger partial charge in [-0.15, -0.1) is 0 Å². The summed E-state index contributed by atoms with van der Waals surface area (Å²) in [6.45, 7) is 5.65. The second-order valence-corrected chi connectivity index (χ2v) is 5.10. The van der Waals surface area contributed by atoms with Crippen molar-refractivity contribution >= 4 is 26.8 Å². The topological polar surface area (TPSA) is 4.93 Å². The van der Waals surface area contributed by atoms with Gasteiger partial charge in [-0.3, -0.25) is 0 Å². The second-order valence-electron chi connectivity index (χ2n) is 4.18. The van der Waals surface area contributed by atoms with Gasteiger partial charge in [-0.1, -0.05) is 36.2 Å². The van der Waals surface area contributed by atoms with E-state index in [1.165, 1.54) is 17.3 Å². The summed E-state index contributed by atoms with van der Waals surface area (Å²) in [6.07, 6.45) is 3.42. The van der Waals surface area contributed by atoms with Crippen molar-refractivity contribution in [3.05, 3.63) is 34.9 Å². The Labute approximate surface area is 99.2 Å². The molecule has 0 bridgehead atoms. The molecule has 0 N–H and O–H groups in total. The molecule has 80 valence electrons. The molecule has 1 nitrogen and oxygen atoms in total. The number of aromatic nitrogens is 1. The highest BCUT2D eigenvalue weighted by atomic mass is 79.9. The predicted molar refractivity (Wildman–Crippen MR) is 69.1 cm³/mol. The molecule has 0 amide bonds. The minimum atomic E-state index is 0.740. The Morgan fingerprint density at radius 1 is 1.33 bits per heavy atom. The summed E-state index contributed by atoms with van der Waals surface area (Å²) in [6, 6.07) is 8.64. The minimum Gasteiger partial charge on any atom is -0.347 e. The van der Waals surface area contributed by atoms with Crippen LogP contribution in [0.2, 0.25) is 0 Å². The van der Waals surface area contributed by atoms with Crippen LogP contribution in [0.1, 0.15) is 20.3 Å². The van der Waals surface area contributed by atoms with E-state index in [0.717, 1.165) is 16.9 Å². The molecule has 0 fully saturated rings. The Bertz CT molecular complexity index is 459. The van der Waals surface area contributed by atoms with Crippen LogP contribution in [0, 0.1) is 5.92 Å². The zero-order chi connectivity index (χ0) is 10.8. The second kappa shape index (κ2) is 4.40. The van der Waals surface area contributed by atoms with Crippen LogP contribution in [0.25, 0.3) is 10.9 Å². The standard InChI is InChI=1S/C13H16BrN/c1-3-10(2)9-15-7-6-11-8-12(14)4-5-13(11)15/h4-8,10H,3,9H2,1-2H3. The van der Waals surface area contributed by atoms with E-state index in [9.17, 15) is 0 Å².